The zero-order chi connectivity index (χ0) is 20.5. The molecule has 0 N–H and O–H groups in total. The summed E-state index contributed by atoms with van der Waals surface area (Å²) < 4.78 is 44.1. The van der Waals surface area contributed by atoms with Crippen molar-refractivity contribution in [3.8, 4) is 22.4 Å². The summed E-state index contributed by atoms with van der Waals surface area (Å²) in [6.45, 7) is 3.67. The average Bonchev–Trinajstić information content (AvgIpc) is 3.03. The van der Waals surface area contributed by atoms with Crippen LogP contribution in [0.2, 0.25) is 5.02 Å². The third-order valence-electron chi connectivity index (χ3n) is 4.03. The lowest BCUT2D eigenvalue weighted by atomic mass is 10.1. The number of alkyl halides is 3. The summed E-state index contributed by atoms with van der Waals surface area (Å²) in [5, 5.41) is 9.86. The van der Waals surface area contributed by atoms with Crippen molar-refractivity contribution in [1.82, 2.24) is 4.98 Å². The van der Waals surface area contributed by atoms with E-state index in [1.807, 2.05) is 19.9 Å². The quantitative estimate of drug-likeness (QED) is 0.464. The first-order valence-corrected chi connectivity index (χ1v) is 9.39. The average molecular weight is 423 g/mol. The van der Waals surface area contributed by atoms with Gasteiger partial charge in [-0.15, -0.1) is 11.3 Å². The molecular formula is C20H14ClF3N2OS. The minimum atomic E-state index is -4.37. The minimum Gasteiger partial charge on any atom is -0.485 e. The summed E-state index contributed by atoms with van der Waals surface area (Å²) in [6, 6.07) is 11.7. The molecule has 1 unspecified atom stereocenters. The Labute approximate surface area is 169 Å². The van der Waals surface area contributed by atoms with Crippen molar-refractivity contribution in [1.29, 1.82) is 5.26 Å². The van der Waals surface area contributed by atoms with Crippen LogP contribution >= 0.6 is 22.9 Å². The fourth-order valence-electron chi connectivity index (χ4n) is 2.63. The fourth-order valence-corrected chi connectivity index (χ4v) is 3.89. The number of aromatic nitrogens is 1. The Balaban J connectivity index is 1.81. The Morgan fingerprint density at radius 2 is 1.86 bits per heavy atom. The predicted molar refractivity (Wildman–Crippen MR) is 102 cm³/mol. The number of nitrogens with zero attached hydrogens (tertiary/aromatic N) is 2. The van der Waals surface area contributed by atoms with Gasteiger partial charge in [-0.2, -0.15) is 18.4 Å². The van der Waals surface area contributed by atoms with Crippen molar-refractivity contribution in [2.75, 3.05) is 0 Å². The number of rotatable bonds is 4. The molecule has 3 rings (SSSR count). The number of aryl methyl sites for hydroxylation is 1. The maximum absolute atomic E-state index is 12.7. The molecule has 0 saturated heterocycles. The summed E-state index contributed by atoms with van der Waals surface area (Å²) in [6.07, 6.45) is -4.71. The van der Waals surface area contributed by atoms with E-state index in [4.69, 9.17) is 21.6 Å². The third-order valence-corrected chi connectivity index (χ3v) is 5.72. The van der Waals surface area contributed by atoms with Gasteiger partial charge in [-0.1, -0.05) is 23.7 Å². The molecule has 3 nitrogen and oxygen atoms in total. The Morgan fingerprint density at radius 3 is 2.43 bits per heavy atom. The van der Waals surface area contributed by atoms with Crippen LogP contribution in [0.15, 0.2) is 42.5 Å². The molecule has 3 aromatic rings. The molecule has 0 amide bonds. The molecule has 0 spiro atoms. The van der Waals surface area contributed by atoms with Crippen LogP contribution < -0.4 is 4.74 Å². The Hall–Kier alpha value is -2.56. The van der Waals surface area contributed by atoms with E-state index in [1.165, 1.54) is 23.5 Å². The topological polar surface area (TPSA) is 45.9 Å². The Morgan fingerprint density at radius 1 is 1.18 bits per heavy atom. The van der Waals surface area contributed by atoms with Crippen molar-refractivity contribution in [3.05, 3.63) is 69.2 Å². The van der Waals surface area contributed by atoms with E-state index in [0.717, 1.165) is 22.7 Å². The summed E-state index contributed by atoms with van der Waals surface area (Å²) in [5.41, 5.74) is 1.02. The van der Waals surface area contributed by atoms with E-state index in [2.05, 4.69) is 4.98 Å². The normalized spacial score (nSPS) is 12.5. The number of halogens is 4. The monoisotopic (exact) mass is 422 g/mol. The number of thiazole rings is 1. The lowest BCUT2D eigenvalue weighted by Gasteiger charge is -2.14. The standard InChI is InChI=1S/C20H14ClF3N2OS/c1-11-18(12(2)27-16-8-5-14(10-25)17(21)9-16)28-19(26-11)13-3-6-15(7-4-13)20(22,23)24/h3-9,12H,1-2H3. The van der Waals surface area contributed by atoms with Gasteiger partial charge in [0.25, 0.3) is 0 Å². The minimum absolute atomic E-state index is 0.304. The molecule has 0 aliphatic carbocycles. The van der Waals surface area contributed by atoms with E-state index in [9.17, 15) is 13.2 Å². The Bertz CT molecular complexity index is 1040. The van der Waals surface area contributed by atoms with Gasteiger partial charge in [-0.05, 0) is 38.1 Å². The maximum Gasteiger partial charge on any atom is 0.416 e. The van der Waals surface area contributed by atoms with Gasteiger partial charge in [0.1, 0.15) is 22.9 Å². The zero-order valence-electron chi connectivity index (χ0n) is 14.8. The van der Waals surface area contributed by atoms with Crippen molar-refractivity contribution >= 4 is 22.9 Å². The fraction of sp³-hybridized carbons (Fsp3) is 0.200. The third kappa shape index (κ3) is 4.29. The van der Waals surface area contributed by atoms with E-state index in [0.29, 0.717) is 26.9 Å². The van der Waals surface area contributed by atoms with Crippen LogP contribution in [0.25, 0.3) is 10.6 Å². The maximum atomic E-state index is 12.7. The molecule has 0 bridgehead atoms. The van der Waals surface area contributed by atoms with Crippen LogP contribution in [-0.2, 0) is 6.18 Å². The van der Waals surface area contributed by atoms with Crippen LogP contribution in [0.5, 0.6) is 5.75 Å². The van der Waals surface area contributed by atoms with Gasteiger partial charge < -0.3 is 4.74 Å². The number of hydrogen-bond donors (Lipinski definition) is 0. The highest BCUT2D eigenvalue weighted by molar-refractivity contribution is 7.15. The second-order valence-corrected chi connectivity index (χ2v) is 7.50. The van der Waals surface area contributed by atoms with Gasteiger partial charge in [-0.25, -0.2) is 4.98 Å². The highest BCUT2D eigenvalue weighted by atomic mass is 35.5. The van der Waals surface area contributed by atoms with E-state index < -0.39 is 11.7 Å². The summed E-state index contributed by atoms with van der Waals surface area (Å²) in [7, 11) is 0. The first-order valence-electron chi connectivity index (χ1n) is 8.20. The van der Waals surface area contributed by atoms with Crippen molar-refractivity contribution in [3.63, 3.8) is 0 Å². The molecule has 0 saturated carbocycles. The molecular weight excluding hydrogens is 409 g/mol. The zero-order valence-corrected chi connectivity index (χ0v) is 16.4. The molecule has 0 aliphatic heterocycles. The number of ether oxygens (including phenoxy) is 1. The first-order chi connectivity index (χ1) is 13.2. The lowest BCUT2D eigenvalue weighted by Crippen LogP contribution is -2.03. The summed E-state index contributed by atoms with van der Waals surface area (Å²) in [4.78, 5) is 5.33. The molecule has 28 heavy (non-hydrogen) atoms. The molecule has 0 aliphatic rings. The van der Waals surface area contributed by atoms with Crippen LogP contribution in [0, 0.1) is 18.3 Å². The molecule has 8 heteroatoms. The predicted octanol–water partition coefficient (Wildman–Crippen LogP) is 6.80. The van der Waals surface area contributed by atoms with E-state index in [-0.39, 0.29) is 6.10 Å². The van der Waals surface area contributed by atoms with Gasteiger partial charge >= 0.3 is 6.18 Å². The highest BCUT2D eigenvalue weighted by Crippen LogP contribution is 2.36. The van der Waals surface area contributed by atoms with Crippen LogP contribution in [-0.4, -0.2) is 4.98 Å². The molecule has 1 atom stereocenters. The SMILES string of the molecule is Cc1nc(-c2ccc(C(F)(F)F)cc2)sc1C(C)Oc1ccc(C#N)c(Cl)c1. The van der Waals surface area contributed by atoms with Gasteiger partial charge in [0.05, 0.1) is 26.7 Å². The molecule has 144 valence electrons. The number of benzene rings is 2. The van der Waals surface area contributed by atoms with Gasteiger partial charge in [-0.3, -0.25) is 0 Å². The second-order valence-electron chi connectivity index (χ2n) is 6.06. The Kier molecular flexibility index (Phi) is 5.64. The van der Waals surface area contributed by atoms with Crippen molar-refractivity contribution in [2.24, 2.45) is 0 Å². The van der Waals surface area contributed by atoms with Crippen LogP contribution in [0.3, 0.4) is 0 Å². The van der Waals surface area contributed by atoms with Crippen LogP contribution in [0.1, 0.15) is 34.7 Å². The van der Waals surface area contributed by atoms with Gasteiger partial charge in [0.2, 0.25) is 0 Å². The summed E-state index contributed by atoms with van der Waals surface area (Å²) >= 11 is 7.39. The van der Waals surface area contributed by atoms with Crippen molar-refractivity contribution < 1.29 is 17.9 Å². The summed E-state index contributed by atoms with van der Waals surface area (Å²) in [5.74, 6) is 0.514. The van der Waals surface area contributed by atoms with Gasteiger partial charge in [0.15, 0.2) is 0 Å². The molecule has 0 radical (unpaired) electrons. The van der Waals surface area contributed by atoms with E-state index >= 15 is 0 Å². The number of nitriles is 1. The molecule has 0 fully saturated rings. The highest BCUT2D eigenvalue weighted by Gasteiger charge is 2.30. The smallest absolute Gasteiger partial charge is 0.416 e. The second kappa shape index (κ2) is 7.82. The molecule has 1 heterocycles. The van der Waals surface area contributed by atoms with Crippen LogP contribution in [0.4, 0.5) is 13.2 Å². The number of hydrogen-bond acceptors (Lipinski definition) is 4. The van der Waals surface area contributed by atoms with E-state index in [1.54, 1.807) is 18.2 Å². The van der Waals surface area contributed by atoms with Crippen molar-refractivity contribution in [2.45, 2.75) is 26.1 Å². The van der Waals surface area contributed by atoms with Gasteiger partial charge in [0, 0.05) is 11.6 Å². The molecule has 1 aromatic heterocycles. The molecule has 2 aromatic carbocycles. The lowest BCUT2D eigenvalue weighted by molar-refractivity contribution is -0.137. The largest absolute Gasteiger partial charge is 0.485 e. The first kappa shape index (κ1) is 20.2.